The summed E-state index contributed by atoms with van der Waals surface area (Å²) in [7, 11) is 0. The van der Waals surface area contributed by atoms with Crippen molar-refractivity contribution in [3.63, 3.8) is 0 Å². The van der Waals surface area contributed by atoms with Gasteiger partial charge in [-0.15, -0.1) is 0 Å². The summed E-state index contributed by atoms with van der Waals surface area (Å²) in [5.74, 6) is -0.0134. The average molecular weight is 220 g/mol. The van der Waals surface area contributed by atoms with E-state index in [0.717, 1.165) is 25.1 Å². The van der Waals surface area contributed by atoms with E-state index in [1.165, 1.54) is 0 Å². The Morgan fingerprint density at radius 3 is 3.06 bits per heavy atom. The third-order valence-corrected chi connectivity index (χ3v) is 2.69. The van der Waals surface area contributed by atoms with Gasteiger partial charge in [-0.2, -0.15) is 0 Å². The van der Waals surface area contributed by atoms with Gasteiger partial charge in [0.05, 0.1) is 12.5 Å². The molecule has 1 aliphatic heterocycles. The summed E-state index contributed by atoms with van der Waals surface area (Å²) < 4.78 is 5.28. The molecule has 0 aromatic heterocycles. The average Bonchev–Trinajstić information content (AvgIpc) is 2.30. The third kappa shape index (κ3) is 2.73. The zero-order valence-electron chi connectivity index (χ0n) is 9.11. The highest BCUT2D eigenvalue weighted by Crippen LogP contribution is 2.17. The van der Waals surface area contributed by atoms with E-state index in [1.54, 1.807) is 12.1 Å². The molecule has 1 aromatic rings. The van der Waals surface area contributed by atoms with Crippen LogP contribution in [-0.4, -0.2) is 19.1 Å². The van der Waals surface area contributed by atoms with Crippen LogP contribution in [0.15, 0.2) is 24.3 Å². The summed E-state index contributed by atoms with van der Waals surface area (Å²) in [6.07, 6.45) is 1.85. The molecule has 1 atom stereocenters. The molecule has 1 fully saturated rings. The SMILES string of the molecule is Nc1cccc(NC(=O)C2CCCOC2)c1. The molecular weight excluding hydrogens is 204 g/mol. The van der Waals surface area contributed by atoms with Gasteiger partial charge in [0.15, 0.2) is 0 Å². The molecule has 2 rings (SSSR count). The number of carbonyl (C=O) groups is 1. The van der Waals surface area contributed by atoms with Crippen LogP contribution in [0.2, 0.25) is 0 Å². The van der Waals surface area contributed by atoms with E-state index in [2.05, 4.69) is 5.32 Å². The van der Waals surface area contributed by atoms with E-state index in [4.69, 9.17) is 10.5 Å². The fourth-order valence-corrected chi connectivity index (χ4v) is 1.81. The minimum absolute atomic E-state index is 0.0188. The molecule has 1 unspecified atom stereocenters. The van der Waals surface area contributed by atoms with E-state index >= 15 is 0 Å². The predicted octanol–water partition coefficient (Wildman–Crippen LogP) is 1.63. The van der Waals surface area contributed by atoms with Crippen molar-refractivity contribution >= 4 is 17.3 Å². The number of nitrogen functional groups attached to an aromatic ring is 1. The number of nitrogens with one attached hydrogen (secondary N) is 1. The quantitative estimate of drug-likeness (QED) is 0.744. The molecule has 86 valence electrons. The Morgan fingerprint density at radius 2 is 2.38 bits per heavy atom. The Morgan fingerprint density at radius 1 is 1.50 bits per heavy atom. The van der Waals surface area contributed by atoms with Crippen molar-refractivity contribution in [1.29, 1.82) is 0 Å². The van der Waals surface area contributed by atoms with E-state index in [0.29, 0.717) is 12.3 Å². The van der Waals surface area contributed by atoms with Gasteiger partial charge in [-0.25, -0.2) is 0 Å². The first-order chi connectivity index (χ1) is 7.75. The molecule has 0 spiro atoms. The molecule has 3 N–H and O–H groups in total. The lowest BCUT2D eigenvalue weighted by Gasteiger charge is -2.21. The maximum Gasteiger partial charge on any atom is 0.229 e. The topological polar surface area (TPSA) is 64.3 Å². The van der Waals surface area contributed by atoms with Crippen LogP contribution in [0.3, 0.4) is 0 Å². The van der Waals surface area contributed by atoms with Crippen LogP contribution in [0, 0.1) is 5.92 Å². The molecule has 0 radical (unpaired) electrons. The van der Waals surface area contributed by atoms with E-state index in [1.807, 2.05) is 12.1 Å². The second kappa shape index (κ2) is 4.99. The van der Waals surface area contributed by atoms with Gasteiger partial charge in [0.2, 0.25) is 5.91 Å². The van der Waals surface area contributed by atoms with Crippen molar-refractivity contribution in [1.82, 2.24) is 0 Å². The van der Waals surface area contributed by atoms with E-state index in [-0.39, 0.29) is 11.8 Å². The van der Waals surface area contributed by atoms with Crippen LogP contribution in [0.5, 0.6) is 0 Å². The fourth-order valence-electron chi connectivity index (χ4n) is 1.81. The molecule has 1 aliphatic rings. The van der Waals surface area contributed by atoms with Crippen molar-refractivity contribution in [3.05, 3.63) is 24.3 Å². The number of ether oxygens (including phenoxy) is 1. The number of hydrogen-bond acceptors (Lipinski definition) is 3. The largest absolute Gasteiger partial charge is 0.399 e. The van der Waals surface area contributed by atoms with Crippen LogP contribution >= 0.6 is 0 Å². The van der Waals surface area contributed by atoms with Crippen molar-refractivity contribution in [2.75, 3.05) is 24.3 Å². The molecule has 1 aromatic carbocycles. The molecular formula is C12H16N2O2. The minimum Gasteiger partial charge on any atom is -0.399 e. The van der Waals surface area contributed by atoms with Crippen LogP contribution in [0.1, 0.15) is 12.8 Å². The lowest BCUT2D eigenvalue weighted by atomic mass is 10.0. The molecule has 0 saturated carbocycles. The summed E-state index contributed by atoms with van der Waals surface area (Å²) in [6, 6.07) is 7.20. The zero-order valence-corrected chi connectivity index (χ0v) is 9.11. The van der Waals surface area contributed by atoms with Crippen LogP contribution < -0.4 is 11.1 Å². The highest BCUT2D eigenvalue weighted by Gasteiger charge is 2.21. The molecule has 4 nitrogen and oxygen atoms in total. The first-order valence-electron chi connectivity index (χ1n) is 5.50. The van der Waals surface area contributed by atoms with Gasteiger partial charge in [0, 0.05) is 18.0 Å². The Balaban J connectivity index is 1.96. The summed E-state index contributed by atoms with van der Waals surface area (Å²) in [5, 5.41) is 2.85. The smallest absolute Gasteiger partial charge is 0.229 e. The predicted molar refractivity (Wildman–Crippen MR) is 63.0 cm³/mol. The second-order valence-corrected chi connectivity index (χ2v) is 4.03. The maximum atomic E-state index is 11.8. The first kappa shape index (κ1) is 11.0. The van der Waals surface area contributed by atoms with Crippen LogP contribution in [0.4, 0.5) is 11.4 Å². The number of hydrogen-bond donors (Lipinski definition) is 2. The number of carbonyl (C=O) groups excluding carboxylic acids is 1. The summed E-state index contributed by atoms with van der Waals surface area (Å²) in [6.45, 7) is 1.29. The Labute approximate surface area is 94.8 Å². The van der Waals surface area contributed by atoms with Crippen molar-refractivity contribution in [2.24, 2.45) is 5.92 Å². The van der Waals surface area contributed by atoms with Crippen LogP contribution in [-0.2, 0) is 9.53 Å². The molecule has 0 bridgehead atoms. The molecule has 16 heavy (non-hydrogen) atoms. The van der Waals surface area contributed by atoms with Gasteiger partial charge in [-0.05, 0) is 31.0 Å². The molecule has 1 saturated heterocycles. The third-order valence-electron chi connectivity index (χ3n) is 2.69. The Hall–Kier alpha value is -1.55. The molecule has 4 heteroatoms. The number of benzene rings is 1. The zero-order chi connectivity index (χ0) is 11.4. The Kier molecular flexibility index (Phi) is 3.41. The monoisotopic (exact) mass is 220 g/mol. The van der Waals surface area contributed by atoms with Gasteiger partial charge in [-0.1, -0.05) is 6.07 Å². The van der Waals surface area contributed by atoms with Crippen molar-refractivity contribution in [3.8, 4) is 0 Å². The van der Waals surface area contributed by atoms with Crippen molar-refractivity contribution in [2.45, 2.75) is 12.8 Å². The summed E-state index contributed by atoms with van der Waals surface area (Å²) in [4.78, 5) is 11.8. The highest BCUT2D eigenvalue weighted by atomic mass is 16.5. The van der Waals surface area contributed by atoms with Crippen molar-refractivity contribution < 1.29 is 9.53 Å². The van der Waals surface area contributed by atoms with Gasteiger partial charge < -0.3 is 15.8 Å². The standard InChI is InChI=1S/C12H16N2O2/c13-10-4-1-5-11(7-10)14-12(15)9-3-2-6-16-8-9/h1,4-5,7,9H,2-3,6,8,13H2,(H,14,15). The van der Waals surface area contributed by atoms with Gasteiger partial charge in [-0.3, -0.25) is 4.79 Å². The molecule has 1 heterocycles. The summed E-state index contributed by atoms with van der Waals surface area (Å²) >= 11 is 0. The van der Waals surface area contributed by atoms with Gasteiger partial charge in [0.25, 0.3) is 0 Å². The number of amides is 1. The molecule has 1 amide bonds. The lowest BCUT2D eigenvalue weighted by Crippen LogP contribution is -2.30. The highest BCUT2D eigenvalue weighted by molar-refractivity contribution is 5.93. The lowest BCUT2D eigenvalue weighted by molar-refractivity contribution is -0.123. The number of anilines is 2. The van der Waals surface area contributed by atoms with Gasteiger partial charge in [0.1, 0.15) is 0 Å². The Bertz CT molecular complexity index is 373. The summed E-state index contributed by atoms with van der Waals surface area (Å²) in [5.41, 5.74) is 7.03. The van der Waals surface area contributed by atoms with E-state index in [9.17, 15) is 4.79 Å². The molecule has 0 aliphatic carbocycles. The first-order valence-corrected chi connectivity index (χ1v) is 5.50. The van der Waals surface area contributed by atoms with E-state index < -0.39 is 0 Å². The number of rotatable bonds is 2. The van der Waals surface area contributed by atoms with Crippen LogP contribution in [0.25, 0.3) is 0 Å². The minimum atomic E-state index is -0.0322. The fraction of sp³-hybridized carbons (Fsp3) is 0.417. The van der Waals surface area contributed by atoms with Gasteiger partial charge >= 0.3 is 0 Å². The normalized spacial score (nSPS) is 20.4. The number of nitrogens with two attached hydrogens (primary N) is 1. The maximum absolute atomic E-state index is 11.8. The second-order valence-electron chi connectivity index (χ2n) is 4.03.